The molecule has 0 aliphatic rings. The molecule has 0 unspecified atom stereocenters. The summed E-state index contributed by atoms with van der Waals surface area (Å²) < 4.78 is 10.0. The van der Waals surface area contributed by atoms with E-state index < -0.39 is 5.97 Å². The summed E-state index contributed by atoms with van der Waals surface area (Å²) in [4.78, 5) is 15.3. The number of nitrogens with zero attached hydrogens (tertiary/aromatic N) is 1. The van der Waals surface area contributed by atoms with Crippen LogP contribution in [0.25, 0.3) is 11.3 Å². The van der Waals surface area contributed by atoms with E-state index in [0.29, 0.717) is 5.69 Å². The number of carboxylic acid groups (broad SMARTS) is 1. The predicted octanol–water partition coefficient (Wildman–Crippen LogP) is 2.46. The molecule has 0 aliphatic heterocycles. The van der Waals surface area contributed by atoms with Gasteiger partial charge < -0.3 is 14.6 Å². The van der Waals surface area contributed by atoms with Crippen molar-refractivity contribution in [3.8, 4) is 22.8 Å². The minimum Gasteiger partial charge on any atom is -0.497 e. The van der Waals surface area contributed by atoms with Crippen LogP contribution in [-0.4, -0.2) is 30.3 Å². The zero-order valence-corrected chi connectivity index (χ0v) is 10.6. The summed E-state index contributed by atoms with van der Waals surface area (Å²) in [5, 5.41) is 9.12. The van der Waals surface area contributed by atoms with E-state index in [0.717, 1.165) is 11.3 Å². The molecule has 5 nitrogen and oxygen atoms in total. The summed E-state index contributed by atoms with van der Waals surface area (Å²) in [5.74, 6) is -0.0745. The maximum Gasteiger partial charge on any atom is 0.339 e. The smallest absolute Gasteiger partial charge is 0.339 e. The van der Waals surface area contributed by atoms with Crippen LogP contribution >= 0.6 is 0 Å². The molecule has 2 aromatic rings. The van der Waals surface area contributed by atoms with Crippen molar-refractivity contribution in [1.82, 2.24) is 4.98 Å². The minimum atomic E-state index is -1.05. The van der Waals surface area contributed by atoms with Gasteiger partial charge in [-0.15, -0.1) is 0 Å². The molecule has 1 heterocycles. The number of rotatable bonds is 4. The third kappa shape index (κ3) is 2.65. The van der Waals surface area contributed by atoms with Crippen LogP contribution in [0.15, 0.2) is 36.5 Å². The Morgan fingerprint density at radius 2 is 1.84 bits per heavy atom. The van der Waals surface area contributed by atoms with Crippen molar-refractivity contribution >= 4 is 5.97 Å². The van der Waals surface area contributed by atoms with Crippen LogP contribution in [0.3, 0.4) is 0 Å². The second kappa shape index (κ2) is 5.39. The molecule has 5 heteroatoms. The molecule has 0 saturated heterocycles. The number of aromatic carboxylic acids is 1. The van der Waals surface area contributed by atoms with Gasteiger partial charge in [-0.3, -0.25) is 4.98 Å². The Labute approximate surface area is 110 Å². The van der Waals surface area contributed by atoms with E-state index in [9.17, 15) is 4.79 Å². The summed E-state index contributed by atoms with van der Waals surface area (Å²) >= 11 is 0. The van der Waals surface area contributed by atoms with E-state index in [4.69, 9.17) is 14.6 Å². The van der Waals surface area contributed by atoms with Crippen molar-refractivity contribution in [2.45, 2.75) is 0 Å². The van der Waals surface area contributed by atoms with Crippen LogP contribution in [0, 0.1) is 0 Å². The average Bonchev–Trinajstić information content (AvgIpc) is 2.46. The Bertz CT molecular complexity index is 593. The molecule has 0 fully saturated rings. The van der Waals surface area contributed by atoms with Crippen LogP contribution in [0.4, 0.5) is 0 Å². The van der Waals surface area contributed by atoms with Crippen LogP contribution in [-0.2, 0) is 0 Å². The number of hydrogen-bond donors (Lipinski definition) is 1. The highest BCUT2D eigenvalue weighted by Gasteiger charge is 2.13. The number of benzene rings is 1. The Morgan fingerprint density at radius 3 is 2.37 bits per heavy atom. The van der Waals surface area contributed by atoms with Gasteiger partial charge in [-0.2, -0.15) is 0 Å². The van der Waals surface area contributed by atoms with E-state index in [1.165, 1.54) is 19.4 Å². The van der Waals surface area contributed by atoms with Crippen molar-refractivity contribution in [2.75, 3.05) is 14.2 Å². The average molecular weight is 259 g/mol. The number of carboxylic acids is 1. The first-order valence-corrected chi connectivity index (χ1v) is 5.57. The van der Waals surface area contributed by atoms with Gasteiger partial charge in [-0.25, -0.2) is 4.79 Å². The van der Waals surface area contributed by atoms with Crippen molar-refractivity contribution in [1.29, 1.82) is 0 Å². The molecular formula is C14H13NO4. The normalized spacial score (nSPS) is 10.0. The zero-order chi connectivity index (χ0) is 13.8. The fraction of sp³-hybridized carbons (Fsp3) is 0.143. The summed E-state index contributed by atoms with van der Waals surface area (Å²) in [6.45, 7) is 0. The van der Waals surface area contributed by atoms with E-state index >= 15 is 0 Å². The second-order valence-corrected chi connectivity index (χ2v) is 3.80. The first-order chi connectivity index (χ1) is 9.15. The highest BCUT2D eigenvalue weighted by atomic mass is 16.5. The van der Waals surface area contributed by atoms with Gasteiger partial charge in [0.2, 0.25) is 0 Å². The molecule has 0 spiro atoms. The Kier molecular flexibility index (Phi) is 3.66. The van der Waals surface area contributed by atoms with E-state index in [-0.39, 0.29) is 11.3 Å². The van der Waals surface area contributed by atoms with Gasteiger partial charge in [-0.1, -0.05) is 0 Å². The molecule has 2 rings (SSSR count). The fourth-order valence-corrected chi connectivity index (χ4v) is 1.69. The van der Waals surface area contributed by atoms with Crippen molar-refractivity contribution in [3.63, 3.8) is 0 Å². The molecular weight excluding hydrogens is 246 g/mol. The summed E-state index contributed by atoms with van der Waals surface area (Å²) in [7, 11) is 3.00. The highest BCUT2D eigenvalue weighted by Crippen LogP contribution is 2.25. The van der Waals surface area contributed by atoms with E-state index in [2.05, 4.69) is 4.98 Å². The Morgan fingerprint density at radius 1 is 1.16 bits per heavy atom. The monoisotopic (exact) mass is 259 g/mol. The molecule has 0 saturated carbocycles. The minimum absolute atomic E-state index is 0.0864. The highest BCUT2D eigenvalue weighted by molar-refractivity contribution is 5.92. The van der Waals surface area contributed by atoms with Gasteiger partial charge in [0.25, 0.3) is 0 Å². The van der Waals surface area contributed by atoms with Gasteiger partial charge in [0, 0.05) is 5.56 Å². The quantitative estimate of drug-likeness (QED) is 0.913. The fourth-order valence-electron chi connectivity index (χ4n) is 1.69. The number of carbonyl (C=O) groups is 1. The zero-order valence-electron chi connectivity index (χ0n) is 10.6. The van der Waals surface area contributed by atoms with Gasteiger partial charge in [0.05, 0.1) is 26.1 Å². The maximum absolute atomic E-state index is 11.1. The summed E-state index contributed by atoms with van der Waals surface area (Å²) in [6.07, 6.45) is 1.41. The number of aromatic nitrogens is 1. The molecule has 0 atom stereocenters. The SMILES string of the molecule is COc1ccc(-c2cc(C(=O)O)c(OC)cn2)cc1. The van der Waals surface area contributed by atoms with Crippen molar-refractivity contribution < 1.29 is 19.4 Å². The molecule has 0 bridgehead atoms. The largest absolute Gasteiger partial charge is 0.497 e. The molecule has 0 radical (unpaired) electrons. The third-order valence-corrected chi connectivity index (χ3v) is 2.70. The third-order valence-electron chi connectivity index (χ3n) is 2.70. The standard InChI is InChI=1S/C14H13NO4/c1-18-10-5-3-9(4-6-10)12-7-11(14(16)17)13(19-2)8-15-12/h3-8H,1-2H3,(H,16,17). The van der Waals surface area contributed by atoms with Crippen LogP contribution in [0.5, 0.6) is 11.5 Å². The molecule has 0 amide bonds. The van der Waals surface area contributed by atoms with Gasteiger partial charge >= 0.3 is 5.97 Å². The number of hydrogen-bond acceptors (Lipinski definition) is 4. The van der Waals surface area contributed by atoms with Gasteiger partial charge in [0.1, 0.15) is 11.3 Å². The number of ether oxygens (including phenoxy) is 2. The van der Waals surface area contributed by atoms with E-state index in [1.807, 2.05) is 12.1 Å². The van der Waals surface area contributed by atoms with Gasteiger partial charge in [0.15, 0.2) is 5.75 Å². The lowest BCUT2D eigenvalue weighted by atomic mass is 10.1. The van der Waals surface area contributed by atoms with Crippen molar-refractivity contribution in [2.24, 2.45) is 0 Å². The Hall–Kier alpha value is -2.56. The first kappa shape index (κ1) is 12.9. The molecule has 1 aromatic heterocycles. The summed E-state index contributed by atoms with van der Waals surface area (Å²) in [6, 6.07) is 8.71. The lowest BCUT2D eigenvalue weighted by Crippen LogP contribution is -2.02. The number of methoxy groups -OCH3 is 2. The van der Waals surface area contributed by atoms with Crippen LogP contribution in [0.2, 0.25) is 0 Å². The molecule has 98 valence electrons. The second-order valence-electron chi connectivity index (χ2n) is 3.80. The molecule has 1 N–H and O–H groups in total. The molecule has 19 heavy (non-hydrogen) atoms. The lowest BCUT2D eigenvalue weighted by Gasteiger charge is -2.07. The van der Waals surface area contributed by atoms with Crippen LogP contribution < -0.4 is 9.47 Å². The lowest BCUT2D eigenvalue weighted by molar-refractivity contribution is 0.0693. The number of pyridine rings is 1. The van der Waals surface area contributed by atoms with Gasteiger partial charge in [-0.05, 0) is 30.3 Å². The topological polar surface area (TPSA) is 68.7 Å². The molecule has 0 aliphatic carbocycles. The maximum atomic E-state index is 11.1. The summed E-state index contributed by atoms with van der Waals surface area (Å²) in [5.41, 5.74) is 1.47. The Balaban J connectivity index is 2.44. The predicted molar refractivity (Wildman–Crippen MR) is 69.7 cm³/mol. The van der Waals surface area contributed by atoms with Crippen molar-refractivity contribution in [3.05, 3.63) is 42.1 Å². The first-order valence-electron chi connectivity index (χ1n) is 5.57. The van der Waals surface area contributed by atoms with E-state index in [1.54, 1.807) is 19.2 Å². The van der Waals surface area contributed by atoms with Crippen LogP contribution in [0.1, 0.15) is 10.4 Å². The molecule has 1 aromatic carbocycles.